The Morgan fingerprint density at radius 3 is 2.93 bits per heavy atom. The van der Waals surface area contributed by atoms with Crippen molar-refractivity contribution in [1.29, 1.82) is 0 Å². The number of thiazole rings is 1. The first kappa shape index (κ1) is 19.1. The number of hydrogen-bond donors (Lipinski definition) is 4. The number of nitrogens with two attached hydrogens (primary N) is 1. The molecule has 1 saturated heterocycles. The van der Waals surface area contributed by atoms with Crippen LogP contribution >= 0.6 is 11.3 Å². The quantitative estimate of drug-likeness (QED) is 0.334. The molecule has 156 valence electrons. The largest absolute Gasteiger partial charge is 0.387 e. The summed E-state index contributed by atoms with van der Waals surface area (Å²) < 4.78 is 9.51. The summed E-state index contributed by atoms with van der Waals surface area (Å²) in [6.07, 6.45) is 2.88. The Morgan fingerprint density at radius 1 is 1.20 bits per heavy atom. The lowest BCUT2D eigenvalue weighted by molar-refractivity contribution is -0.0342. The van der Waals surface area contributed by atoms with Crippen molar-refractivity contribution < 1.29 is 14.9 Å². The number of aliphatic hydroxyl groups is 2. The molecule has 1 aliphatic rings. The number of nitrogens with one attached hydrogen (secondary N) is 1. The van der Waals surface area contributed by atoms with Gasteiger partial charge in [-0.1, -0.05) is 0 Å². The van der Waals surface area contributed by atoms with E-state index in [0.29, 0.717) is 24.3 Å². The second-order valence-corrected chi connectivity index (χ2v) is 7.82. The van der Waals surface area contributed by atoms with Gasteiger partial charge in [-0.2, -0.15) is 0 Å². The van der Waals surface area contributed by atoms with Crippen LogP contribution in [0.15, 0.2) is 42.6 Å². The minimum atomic E-state index is -1.13. The van der Waals surface area contributed by atoms with Crippen molar-refractivity contribution >= 4 is 28.3 Å². The molecule has 0 aromatic carbocycles. The second kappa shape index (κ2) is 7.74. The molecular formula is C18H20N8O3S. The van der Waals surface area contributed by atoms with Gasteiger partial charge in [-0.15, -0.1) is 11.3 Å². The van der Waals surface area contributed by atoms with E-state index in [9.17, 15) is 10.2 Å². The first-order chi connectivity index (χ1) is 14.6. The Morgan fingerprint density at radius 2 is 2.10 bits per heavy atom. The summed E-state index contributed by atoms with van der Waals surface area (Å²) >= 11 is 1.55. The lowest BCUT2D eigenvalue weighted by Crippen LogP contribution is -2.37. The maximum absolute atomic E-state index is 10.5. The summed E-state index contributed by atoms with van der Waals surface area (Å²) in [6, 6.07) is 3.95. The summed E-state index contributed by atoms with van der Waals surface area (Å²) in [4.78, 5) is 16.6. The minimum Gasteiger partial charge on any atom is -0.387 e. The number of fused-ring (bicyclic) bond motifs is 1. The molecular weight excluding hydrogens is 408 g/mol. The SMILES string of the molecule is Nc1ncnc2c1ncn2[C@@H]1O[C@H](CNCc2cccn2-c2nccs2)[C@@H](O)[C@H]1O. The average molecular weight is 428 g/mol. The Labute approximate surface area is 174 Å². The third-order valence-electron chi connectivity index (χ3n) is 5.11. The van der Waals surface area contributed by atoms with Crippen LogP contribution in [0.2, 0.25) is 0 Å². The van der Waals surface area contributed by atoms with Crippen LogP contribution in [0, 0.1) is 0 Å². The second-order valence-electron chi connectivity index (χ2n) is 6.94. The van der Waals surface area contributed by atoms with E-state index >= 15 is 0 Å². The number of hydrogen-bond acceptors (Lipinski definition) is 10. The highest BCUT2D eigenvalue weighted by Crippen LogP contribution is 2.31. The Balaban J connectivity index is 1.27. The van der Waals surface area contributed by atoms with Crippen molar-refractivity contribution in [2.24, 2.45) is 0 Å². The Kier molecular flexibility index (Phi) is 4.92. The van der Waals surface area contributed by atoms with Gasteiger partial charge in [0.25, 0.3) is 0 Å². The molecule has 4 aromatic rings. The monoisotopic (exact) mass is 428 g/mol. The van der Waals surface area contributed by atoms with Gasteiger partial charge in [0.15, 0.2) is 22.8 Å². The predicted octanol–water partition coefficient (Wildman–Crippen LogP) is 0.0647. The molecule has 0 spiro atoms. The lowest BCUT2D eigenvalue weighted by atomic mass is 10.1. The van der Waals surface area contributed by atoms with Gasteiger partial charge < -0.3 is 26.0 Å². The normalized spacial score (nSPS) is 24.1. The Hall–Kier alpha value is -2.90. The first-order valence-electron chi connectivity index (χ1n) is 9.35. The molecule has 1 fully saturated rings. The van der Waals surface area contributed by atoms with E-state index < -0.39 is 24.5 Å². The highest BCUT2D eigenvalue weighted by atomic mass is 32.1. The number of imidazole rings is 1. The number of nitrogens with zero attached hydrogens (tertiary/aromatic N) is 6. The molecule has 0 unspecified atom stereocenters. The zero-order valence-corrected chi connectivity index (χ0v) is 16.6. The number of nitrogen functional groups attached to an aromatic ring is 1. The van der Waals surface area contributed by atoms with E-state index in [1.165, 1.54) is 12.7 Å². The molecule has 5 rings (SSSR count). The molecule has 12 heteroatoms. The van der Waals surface area contributed by atoms with E-state index in [1.54, 1.807) is 22.1 Å². The molecule has 11 nitrogen and oxygen atoms in total. The molecule has 4 aromatic heterocycles. The van der Waals surface area contributed by atoms with Crippen LogP contribution in [0.1, 0.15) is 11.9 Å². The topological polar surface area (TPSA) is 149 Å². The van der Waals surface area contributed by atoms with Gasteiger partial charge in [-0.05, 0) is 12.1 Å². The van der Waals surface area contributed by atoms with Crippen molar-refractivity contribution in [3.05, 3.63) is 48.3 Å². The van der Waals surface area contributed by atoms with E-state index in [0.717, 1.165) is 10.8 Å². The third-order valence-corrected chi connectivity index (χ3v) is 5.88. The molecule has 0 aliphatic carbocycles. The van der Waals surface area contributed by atoms with Crippen LogP contribution in [0.4, 0.5) is 5.82 Å². The standard InChI is InChI=1S/C18H20N8O3S/c19-15-12-16(23-8-22-15)26(9-24-12)17-14(28)13(27)11(29-17)7-20-6-10-2-1-4-25(10)18-21-3-5-30-18/h1-5,8-9,11,13-14,17,20,27-28H,6-7H2,(H2,19,22,23)/t11-,13-,14-,17-/m1/s1. The summed E-state index contributed by atoms with van der Waals surface area (Å²) in [6.45, 7) is 0.902. The van der Waals surface area contributed by atoms with Crippen LogP contribution in [0.3, 0.4) is 0 Å². The molecule has 0 saturated carbocycles. The van der Waals surface area contributed by atoms with Crippen LogP contribution < -0.4 is 11.1 Å². The summed E-state index contributed by atoms with van der Waals surface area (Å²) in [5.74, 6) is 0.244. The summed E-state index contributed by atoms with van der Waals surface area (Å²) in [7, 11) is 0. The van der Waals surface area contributed by atoms with Crippen molar-refractivity contribution in [3.63, 3.8) is 0 Å². The zero-order valence-electron chi connectivity index (χ0n) is 15.7. The van der Waals surface area contributed by atoms with Gasteiger partial charge in [0.1, 0.15) is 30.2 Å². The number of anilines is 1. The zero-order chi connectivity index (χ0) is 20.7. The third kappa shape index (κ3) is 3.24. The van der Waals surface area contributed by atoms with Gasteiger partial charge in [-0.3, -0.25) is 9.13 Å². The number of ether oxygens (including phenoxy) is 1. The smallest absolute Gasteiger partial charge is 0.193 e. The van der Waals surface area contributed by atoms with Gasteiger partial charge in [0.2, 0.25) is 0 Å². The lowest BCUT2D eigenvalue weighted by Gasteiger charge is -2.16. The van der Waals surface area contributed by atoms with Gasteiger partial charge >= 0.3 is 0 Å². The number of aromatic nitrogens is 6. The first-order valence-corrected chi connectivity index (χ1v) is 10.2. The molecule has 0 radical (unpaired) electrons. The maximum Gasteiger partial charge on any atom is 0.193 e. The van der Waals surface area contributed by atoms with Crippen LogP contribution in [0.5, 0.6) is 0 Å². The predicted molar refractivity (Wildman–Crippen MR) is 109 cm³/mol. The fraction of sp³-hybridized carbons (Fsp3) is 0.333. The van der Waals surface area contributed by atoms with Crippen molar-refractivity contribution in [2.45, 2.75) is 31.1 Å². The van der Waals surface area contributed by atoms with E-state index in [4.69, 9.17) is 10.5 Å². The molecule has 30 heavy (non-hydrogen) atoms. The van der Waals surface area contributed by atoms with Crippen LogP contribution in [-0.2, 0) is 11.3 Å². The number of aliphatic hydroxyl groups excluding tert-OH is 2. The van der Waals surface area contributed by atoms with Crippen LogP contribution in [-0.4, -0.2) is 64.1 Å². The maximum atomic E-state index is 10.5. The fourth-order valence-electron chi connectivity index (χ4n) is 3.61. The highest BCUT2D eigenvalue weighted by molar-refractivity contribution is 7.12. The minimum absolute atomic E-state index is 0.244. The fourth-order valence-corrected chi connectivity index (χ4v) is 4.27. The Bertz CT molecular complexity index is 1140. The summed E-state index contributed by atoms with van der Waals surface area (Å²) in [5.41, 5.74) is 7.71. The van der Waals surface area contributed by atoms with E-state index in [2.05, 4.69) is 25.3 Å². The molecule has 5 heterocycles. The van der Waals surface area contributed by atoms with E-state index in [1.807, 2.05) is 28.3 Å². The van der Waals surface area contributed by atoms with Crippen molar-refractivity contribution in [1.82, 2.24) is 34.4 Å². The van der Waals surface area contributed by atoms with E-state index in [-0.39, 0.29) is 5.82 Å². The van der Waals surface area contributed by atoms with Gasteiger partial charge in [0, 0.05) is 36.6 Å². The highest BCUT2D eigenvalue weighted by Gasteiger charge is 2.44. The van der Waals surface area contributed by atoms with Crippen molar-refractivity contribution in [2.75, 3.05) is 12.3 Å². The molecule has 4 atom stereocenters. The van der Waals surface area contributed by atoms with Gasteiger partial charge in [0.05, 0.1) is 6.33 Å². The molecule has 0 amide bonds. The average Bonchev–Trinajstić information content (AvgIpc) is 3.52. The van der Waals surface area contributed by atoms with Crippen LogP contribution in [0.25, 0.3) is 16.3 Å². The molecule has 5 N–H and O–H groups in total. The van der Waals surface area contributed by atoms with Gasteiger partial charge in [-0.25, -0.2) is 19.9 Å². The summed E-state index contributed by atoms with van der Waals surface area (Å²) in [5, 5.41) is 27.1. The molecule has 1 aliphatic heterocycles. The van der Waals surface area contributed by atoms with Crippen molar-refractivity contribution in [3.8, 4) is 5.13 Å². The molecule has 0 bridgehead atoms. The number of rotatable bonds is 6.